The minimum atomic E-state index is -3.15. The summed E-state index contributed by atoms with van der Waals surface area (Å²) in [6.07, 6.45) is 3.51. The van der Waals surface area contributed by atoms with E-state index in [0.717, 1.165) is 38.0 Å². The smallest absolute Gasteiger partial charge is 0.251 e. The molecule has 2 unspecified atom stereocenters. The molecule has 0 saturated carbocycles. The molecule has 0 spiro atoms. The summed E-state index contributed by atoms with van der Waals surface area (Å²) in [4.78, 5) is 28.6. The monoisotopic (exact) mass is 391 g/mol. The molecule has 7 nitrogen and oxygen atoms in total. The predicted octanol–water partition coefficient (Wildman–Crippen LogP) is 0.805. The number of amides is 2. The summed E-state index contributed by atoms with van der Waals surface area (Å²) in [5.41, 5.74) is 1.18. The number of hydrogen-bond acceptors (Lipinski definition) is 5. The molecule has 2 amide bonds. The highest BCUT2D eigenvalue weighted by Gasteiger charge is 2.42. The van der Waals surface area contributed by atoms with Crippen LogP contribution in [0.3, 0.4) is 0 Å². The van der Waals surface area contributed by atoms with Crippen LogP contribution in [-0.4, -0.2) is 68.4 Å². The minimum Gasteiger partial charge on any atom is -0.347 e. The number of nitrogens with zero attached hydrogens (tertiary/aromatic N) is 2. The lowest BCUT2D eigenvalue weighted by molar-refractivity contribution is -0.117. The first-order valence-electron chi connectivity index (χ1n) is 9.59. The maximum Gasteiger partial charge on any atom is 0.251 e. The highest BCUT2D eigenvalue weighted by Crippen LogP contribution is 2.25. The Morgan fingerprint density at radius 3 is 2.56 bits per heavy atom. The number of rotatable bonds is 4. The van der Waals surface area contributed by atoms with Gasteiger partial charge in [-0.1, -0.05) is 6.07 Å². The molecule has 1 aromatic rings. The van der Waals surface area contributed by atoms with Crippen LogP contribution in [0.15, 0.2) is 24.3 Å². The molecule has 0 aliphatic carbocycles. The van der Waals surface area contributed by atoms with Crippen LogP contribution in [0.25, 0.3) is 0 Å². The summed E-state index contributed by atoms with van der Waals surface area (Å²) in [6.45, 7) is 2.44. The molecule has 146 valence electrons. The molecule has 0 radical (unpaired) electrons. The fraction of sp³-hybridized carbons (Fsp3) is 0.579. The molecule has 0 aromatic heterocycles. The third-order valence-corrected chi connectivity index (χ3v) is 7.46. The quantitative estimate of drug-likeness (QED) is 0.821. The van der Waals surface area contributed by atoms with Crippen molar-refractivity contribution in [2.24, 2.45) is 0 Å². The van der Waals surface area contributed by atoms with E-state index >= 15 is 0 Å². The lowest BCUT2D eigenvalue weighted by Gasteiger charge is -2.28. The summed E-state index contributed by atoms with van der Waals surface area (Å²) in [7, 11) is -3.15. The molecule has 3 heterocycles. The second-order valence-corrected chi connectivity index (χ2v) is 9.82. The zero-order valence-corrected chi connectivity index (χ0v) is 16.1. The standard InChI is InChI=1S/C19H25N3O4S/c23-18-7-4-10-22(18)15-6-3-5-14(11-15)19(24)20-16-12-27(25,26)13-17(16)21-8-1-2-9-21/h3,5-6,11,16-17H,1-2,4,7-10,12-13H2,(H,20,24). The first-order chi connectivity index (χ1) is 12.9. The Morgan fingerprint density at radius 1 is 1.07 bits per heavy atom. The first-order valence-corrected chi connectivity index (χ1v) is 11.4. The van der Waals surface area contributed by atoms with E-state index < -0.39 is 15.9 Å². The Labute approximate surface area is 159 Å². The van der Waals surface area contributed by atoms with Gasteiger partial charge in [0.05, 0.1) is 17.5 Å². The number of carbonyl (C=O) groups is 2. The van der Waals surface area contributed by atoms with Crippen LogP contribution >= 0.6 is 0 Å². The number of nitrogens with one attached hydrogen (secondary N) is 1. The van der Waals surface area contributed by atoms with Gasteiger partial charge < -0.3 is 10.2 Å². The number of benzene rings is 1. The van der Waals surface area contributed by atoms with Crippen LogP contribution in [-0.2, 0) is 14.6 Å². The molecule has 1 aromatic carbocycles. The van der Waals surface area contributed by atoms with Crippen molar-refractivity contribution >= 4 is 27.3 Å². The van der Waals surface area contributed by atoms with E-state index in [1.54, 1.807) is 23.1 Å². The zero-order valence-electron chi connectivity index (χ0n) is 15.3. The maximum atomic E-state index is 12.8. The van der Waals surface area contributed by atoms with Gasteiger partial charge >= 0.3 is 0 Å². The van der Waals surface area contributed by atoms with Crippen molar-refractivity contribution in [2.45, 2.75) is 37.8 Å². The molecular weight excluding hydrogens is 366 g/mol. The summed E-state index contributed by atoms with van der Waals surface area (Å²) in [5.74, 6) is -0.108. The number of carbonyl (C=O) groups excluding carboxylic acids is 2. The maximum absolute atomic E-state index is 12.8. The van der Waals surface area contributed by atoms with Crippen molar-refractivity contribution in [1.29, 1.82) is 0 Å². The average Bonchev–Trinajstić information content (AvgIpc) is 3.35. The predicted molar refractivity (Wildman–Crippen MR) is 103 cm³/mol. The van der Waals surface area contributed by atoms with E-state index in [2.05, 4.69) is 10.2 Å². The molecule has 3 aliphatic rings. The van der Waals surface area contributed by atoms with Crippen LogP contribution in [0.4, 0.5) is 5.69 Å². The van der Waals surface area contributed by atoms with Gasteiger partial charge in [-0.05, 0) is 50.6 Å². The van der Waals surface area contributed by atoms with E-state index in [1.807, 2.05) is 6.07 Å². The lowest BCUT2D eigenvalue weighted by Crippen LogP contribution is -2.50. The Bertz CT molecular complexity index is 848. The van der Waals surface area contributed by atoms with Crippen molar-refractivity contribution in [3.63, 3.8) is 0 Å². The van der Waals surface area contributed by atoms with Gasteiger partial charge in [-0.3, -0.25) is 14.5 Å². The largest absolute Gasteiger partial charge is 0.347 e. The lowest BCUT2D eigenvalue weighted by atomic mass is 10.1. The molecule has 4 rings (SSSR count). The van der Waals surface area contributed by atoms with Gasteiger partial charge in [-0.2, -0.15) is 0 Å². The van der Waals surface area contributed by atoms with Crippen LogP contribution in [0.2, 0.25) is 0 Å². The number of anilines is 1. The summed E-state index contributed by atoms with van der Waals surface area (Å²) < 4.78 is 24.3. The second-order valence-electron chi connectivity index (χ2n) is 7.67. The Balaban J connectivity index is 1.50. The third kappa shape index (κ3) is 3.87. The van der Waals surface area contributed by atoms with Crippen LogP contribution < -0.4 is 10.2 Å². The van der Waals surface area contributed by atoms with Crippen molar-refractivity contribution < 1.29 is 18.0 Å². The first kappa shape index (κ1) is 18.4. The van der Waals surface area contributed by atoms with Crippen molar-refractivity contribution in [3.05, 3.63) is 29.8 Å². The van der Waals surface area contributed by atoms with E-state index in [0.29, 0.717) is 18.5 Å². The van der Waals surface area contributed by atoms with Crippen LogP contribution in [0.1, 0.15) is 36.0 Å². The highest BCUT2D eigenvalue weighted by atomic mass is 32.2. The van der Waals surface area contributed by atoms with Gasteiger partial charge in [-0.15, -0.1) is 0 Å². The highest BCUT2D eigenvalue weighted by molar-refractivity contribution is 7.91. The van der Waals surface area contributed by atoms with Gasteiger partial charge in [0.1, 0.15) is 0 Å². The van der Waals surface area contributed by atoms with Gasteiger partial charge in [0.25, 0.3) is 5.91 Å². The third-order valence-electron chi connectivity index (χ3n) is 5.74. The molecule has 27 heavy (non-hydrogen) atoms. The SMILES string of the molecule is O=C(NC1CS(=O)(=O)CC1N1CCCC1)c1cccc(N2CCCC2=O)c1. The van der Waals surface area contributed by atoms with E-state index in [4.69, 9.17) is 0 Å². The number of hydrogen-bond donors (Lipinski definition) is 1. The number of likely N-dealkylation sites (tertiary alicyclic amines) is 1. The van der Waals surface area contributed by atoms with Crippen LogP contribution in [0.5, 0.6) is 0 Å². The molecule has 3 aliphatic heterocycles. The van der Waals surface area contributed by atoms with E-state index in [-0.39, 0.29) is 29.4 Å². The summed E-state index contributed by atoms with van der Waals surface area (Å²) in [5, 5.41) is 2.94. The van der Waals surface area contributed by atoms with Gasteiger partial charge in [0.2, 0.25) is 5.91 Å². The van der Waals surface area contributed by atoms with E-state index in [9.17, 15) is 18.0 Å². The van der Waals surface area contributed by atoms with Gasteiger partial charge in [-0.25, -0.2) is 8.42 Å². The normalized spacial score (nSPS) is 28.0. The molecule has 8 heteroatoms. The van der Waals surface area contributed by atoms with Crippen molar-refractivity contribution in [1.82, 2.24) is 10.2 Å². The van der Waals surface area contributed by atoms with E-state index in [1.165, 1.54) is 0 Å². The molecule has 0 bridgehead atoms. The number of sulfone groups is 1. The van der Waals surface area contributed by atoms with Crippen molar-refractivity contribution in [2.75, 3.05) is 36.0 Å². The van der Waals surface area contributed by atoms with Crippen LogP contribution in [0, 0.1) is 0 Å². The molecule has 2 atom stereocenters. The van der Waals surface area contributed by atoms with Crippen molar-refractivity contribution in [3.8, 4) is 0 Å². The molecule has 3 fully saturated rings. The molecule has 1 N–H and O–H groups in total. The second kappa shape index (κ2) is 7.24. The molecule has 3 saturated heterocycles. The zero-order chi connectivity index (χ0) is 19.0. The summed E-state index contributed by atoms with van der Waals surface area (Å²) >= 11 is 0. The van der Waals surface area contributed by atoms with Gasteiger partial charge in [0, 0.05) is 30.3 Å². The topological polar surface area (TPSA) is 86.8 Å². The Morgan fingerprint density at radius 2 is 1.85 bits per heavy atom. The Kier molecular flexibility index (Phi) is 4.94. The van der Waals surface area contributed by atoms with Gasteiger partial charge in [0.15, 0.2) is 9.84 Å². The molecular formula is C19H25N3O4S. The Hall–Kier alpha value is -1.93. The summed E-state index contributed by atoms with van der Waals surface area (Å²) in [6, 6.07) is 6.47. The minimum absolute atomic E-state index is 0.00971. The fourth-order valence-electron chi connectivity index (χ4n) is 4.39. The average molecular weight is 391 g/mol. The fourth-order valence-corrected chi connectivity index (χ4v) is 6.34.